The fraction of sp³-hybridized carbons (Fsp3) is 0.235. The first-order valence-electron chi connectivity index (χ1n) is 7.40. The molecule has 0 saturated carbocycles. The Morgan fingerprint density at radius 3 is 2.65 bits per heavy atom. The molecule has 5 nitrogen and oxygen atoms in total. The summed E-state index contributed by atoms with van der Waals surface area (Å²) in [6, 6.07) is 14.1. The SMILES string of the molecule is O=C(Cc1ccc([N+](=O)[O-])cc1)N1CCCSc2ccccc21. The quantitative estimate of drug-likeness (QED) is 0.637. The Balaban J connectivity index is 1.79. The van der Waals surface area contributed by atoms with Gasteiger partial charge < -0.3 is 4.90 Å². The molecule has 0 bridgehead atoms. The molecule has 1 aliphatic heterocycles. The number of para-hydroxylation sites is 1. The highest BCUT2D eigenvalue weighted by molar-refractivity contribution is 7.99. The van der Waals surface area contributed by atoms with Crippen LogP contribution in [0.15, 0.2) is 53.4 Å². The van der Waals surface area contributed by atoms with E-state index < -0.39 is 4.92 Å². The van der Waals surface area contributed by atoms with E-state index in [1.165, 1.54) is 12.1 Å². The van der Waals surface area contributed by atoms with Gasteiger partial charge in [0, 0.05) is 23.6 Å². The molecule has 1 aliphatic rings. The average Bonchev–Trinajstić information content (AvgIpc) is 2.77. The number of hydrogen-bond donors (Lipinski definition) is 0. The van der Waals surface area contributed by atoms with Crippen LogP contribution >= 0.6 is 11.8 Å². The number of nitro groups is 1. The number of nitrogens with zero attached hydrogens (tertiary/aromatic N) is 2. The van der Waals surface area contributed by atoms with Crippen LogP contribution in [-0.4, -0.2) is 23.1 Å². The Morgan fingerprint density at radius 2 is 1.91 bits per heavy atom. The summed E-state index contributed by atoms with van der Waals surface area (Å²) in [6.45, 7) is 0.704. The predicted molar refractivity (Wildman–Crippen MR) is 90.9 cm³/mol. The van der Waals surface area contributed by atoms with Crippen LogP contribution in [0.5, 0.6) is 0 Å². The third-order valence-electron chi connectivity index (χ3n) is 3.74. The summed E-state index contributed by atoms with van der Waals surface area (Å²) in [5.74, 6) is 1.02. The first-order valence-corrected chi connectivity index (χ1v) is 8.39. The second-order valence-electron chi connectivity index (χ2n) is 5.32. The van der Waals surface area contributed by atoms with Gasteiger partial charge in [-0.15, -0.1) is 11.8 Å². The smallest absolute Gasteiger partial charge is 0.269 e. The molecule has 0 unspecified atom stereocenters. The van der Waals surface area contributed by atoms with E-state index in [9.17, 15) is 14.9 Å². The summed E-state index contributed by atoms with van der Waals surface area (Å²) in [6.07, 6.45) is 1.20. The van der Waals surface area contributed by atoms with Gasteiger partial charge in [-0.3, -0.25) is 14.9 Å². The van der Waals surface area contributed by atoms with Gasteiger partial charge in [-0.05, 0) is 29.9 Å². The number of nitro benzene ring substituents is 1. The number of benzene rings is 2. The summed E-state index contributed by atoms with van der Waals surface area (Å²) < 4.78 is 0. The number of anilines is 1. The van der Waals surface area contributed by atoms with E-state index in [2.05, 4.69) is 0 Å². The van der Waals surface area contributed by atoms with E-state index in [1.807, 2.05) is 29.2 Å². The maximum Gasteiger partial charge on any atom is 0.269 e. The molecule has 0 fully saturated rings. The Morgan fingerprint density at radius 1 is 1.17 bits per heavy atom. The van der Waals surface area contributed by atoms with Gasteiger partial charge in [-0.25, -0.2) is 0 Å². The van der Waals surface area contributed by atoms with Crippen molar-refractivity contribution < 1.29 is 9.72 Å². The second kappa shape index (κ2) is 6.83. The highest BCUT2D eigenvalue weighted by atomic mass is 32.2. The van der Waals surface area contributed by atoms with Gasteiger partial charge in [0.1, 0.15) is 0 Å². The highest BCUT2D eigenvalue weighted by Gasteiger charge is 2.21. The topological polar surface area (TPSA) is 63.4 Å². The summed E-state index contributed by atoms with van der Waals surface area (Å²) in [5.41, 5.74) is 1.79. The van der Waals surface area contributed by atoms with Crippen LogP contribution in [0, 0.1) is 10.1 Å². The first-order chi connectivity index (χ1) is 11.1. The lowest BCUT2D eigenvalue weighted by atomic mass is 10.1. The van der Waals surface area contributed by atoms with Crippen molar-refractivity contribution in [1.29, 1.82) is 0 Å². The van der Waals surface area contributed by atoms with Crippen LogP contribution in [-0.2, 0) is 11.2 Å². The van der Waals surface area contributed by atoms with Crippen molar-refractivity contribution in [3.63, 3.8) is 0 Å². The van der Waals surface area contributed by atoms with Crippen LogP contribution in [0.1, 0.15) is 12.0 Å². The molecule has 0 aromatic heterocycles. The molecule has 2 aromatic rings. The second-order valence-corrected chi connectivity index (χ2v) is 6.45. The number of non-ortho nitro benzene ring substituents is 1. The lowest BCUT2D eigenvalue weighted by molar-refractivity contribution is -0.384. The van der Waals surface area contributed by atoms with Gasteiger partial charge in [0.2, 0.25) is 5.91 Å². The van der Waals surface area contributed by atoms with E-state index >= 15 is 0 Å². The molecular formula is C17H16N2O3S. The van der Waals surface area contributed by atoms with E-state index in [-0.39, 0.29) is 18.0 Å². The molecule has 1 heterocycles. The number of hydrogen-bond acceptors (Lipinski definition) is 4. The zero-order chi connectivity index (χ0) is 16.2. The maximum absolute atomic E-state index is 12.7. The van der Waals surface area contributed by atoms with Crippen LogP contribution in [0.4, 0.5) is 11.4 Å². The van der Waals surface area contributed by atoms with Crippen molar-refractivity contribution in [2.24, 2.45) is 0 Å². The fourth-order valence-corrected chi connectivity index (χ4v) is 3.59. The molecule has 0 atom stereocenters. The molecule has 3 rings (SSSR count). The van der Waals surface area contributed by atoms with E-state index in [1.54, 1.807) is 23.9 Å². The predicted octanol–water partition coefficient (Wildman–Crippen LogP) is 3.67. The Kier molecular flexibility index (Phi) is 4.62. The largest absolute Gasteiger partial charge is 0.311 e. The summed E-state index contributed by atoms with van der Waals surface area (Å²) in [5, 5.41) is 10.7. The number of carbonyl (C=O) groups is 1. The number of carbonyl (C=O) groups excluding carboxylic acids is 1. The molecule has 1 amide bonds. The molecule has 0 aliphatic carbocycles. The van der Waals surface area contributed by atoms with Crippen molar-refractivity contribution in [1.82, 2.24) is 0 Å². The van der Waals surface area contributed by atoms with Crippen molar-refractivity contribution in [3.05, 3.63) is 64.2 Å². The third-order valence-corrected chi connectivity index (χ3v) is 4.89. The average molecular weight is 328 g/mol. The van der Waals surface area contributed by atoms with Gasteiger partial charge in [-0.2, -0.15) is 0 Å². The molecule has 118 valence electrons. The monoisotopic (exact) mass is 328 g/mol. The maximum atomic E-state index is 12.7. The van der Waals surface area contributed by atoms with Gasteiger partial charge in [0.05, 0.1) is 17.0 Å². The molecule has 2 aromatic carbocycles. The lowest BCUT2D eigenvalue weighted by Gasteiger charge is -2.22. The Bertz CT molecular complexity index is 731. The third kappa shape index (κ3) is 3.53. The van der Waals surface area contributed by atoms with Crippen molar-refractivity contribution >= 4 is 29.0 Å². The van der Waals surface area contributed by atoms with Gasteiger partial charge >= 0.3 is 0 Å². The standard InChI is InChI=1S/C17H16N2O3S/c20-17(12-13-6-8-14(9-7-13)19(21)22)18-10-3-11-23-16-5-2-1-4-15(16)18/h1-2,4-9H,3,10-12H2. The van der Waals surface area contributed by atoms with Crippen LogP contribution < -0.4 is 4.90 Å². The van der Waals surface area contributed by atoms with E-state index in [0.717, 1.165) is 28.3 Å². The molecule has 0 N–H and O–H groups in total. The normalized spacial score (nSPS) is 14.0. The van der Waals surface area contributed by atoms with Crippen LogP contribution in [0.2, 0.25) is 0 Å². The van der Waals surface area contributed by atoms with Gasteiger partial charge in [0.25, 0.3) is 5.69 Å². The number of rotatable bonds is 3. The van der Waals surface area contributed by atoms with E-state index in [4.69, 9.17) is 0 Å². The lowest BCUT2D eigenvalue weighted by Crippen LogP contribution is -2.33. The molecule has 0 saturated heterocycles. The van der Waals surface area contributed by atoms with E-state index in [0.29, 0.717) is 6.54 Å². The highest BCUT2D eigenvalue weighted by Crippen LogP contribution is 2.33. The summed E-state index contributed by atoms with van der Waals surface area (Å²) in [7, 11) is 0. The van der Waals surface area contributed by atoms with Crippen molar-refractivity contribution in [2.75, 3.05) is 17.2 Å². The van der Waals surface area contributed by atoms with Crippen molar-refractivity contribution in [2.45, 2.75) is 17.7 Å². The minimum absolute atomic E-state index is 0.0220. The Labute approximate surface area is 138 Å². The number of fused-ring (bicyclic) bond motifs is 1. The zero-order valence-corrected chi connectivity index (χ0v) is 13.3. The minimum Gasteiger partial charge on any atom is -0.311 e. The number of amides is 1. The summed E-state index contributed by atoms with van der Waals surface area (Å²) in [4.78, 5) is 25.9. The minimum atomic E-state index is -0.437. The fourth-order valence-electron chi connectivity index (χ4n) is 2.59. The molecule has 6 heteroatoms. The van der Waals surface area contributed by atoms with Gasteiger partial charge in [0.15, 0.2) is 0 Å². The molecule has 0 radical (unpaired) electrons. The molecule has 0 spiro atoms. The molecular weight excluding hydrogens is 312 g/mol. The first kappa shape index (κ1) is 15.6. The van der Waals surface area contributed by atoms with Crippen molar-refractivity contribution in [3.8, 4) is 0 Å². The van der Waals surface area contributed by atoms with Crippen LogP contribution in [0.25, 0.3) is 0 Å². The van der Waals surface area contributed by atoms with Crippen LogP contribution in [0.3, 0.4) is 0 Å². The van der Waals surface area contributed by atoms with Gasteiger partial charge in [-0.1, -0.05) is 24.3 Å². The number of thioether (sulfide) groups is 1. The summed E-state index contributed by atoms with van der Waals surface area (Å²) >= 11 is 1.77. The zero-order valence-electron chi connectivity index (χ0n) is 12.5. The molecule has 23 heavy (non-hydrogen) atoms. The Hall–Kier alpha value is -2.34.